The summed E-state index contributed by atoms with van der Waals surface area (Å²) < 4.78 is 11.1. The molecule has 0 bridgehead atoms. The highest BCUT2D eigenvalue weighted by Gasteiger charge is 2.20. The molecule has 0 saturated heterocycles. The van der Waals surface area contributed by atoms with Crippen LogP contribution in [0.5, 0.6) is 5.75 Å². The molecule has 0 radical (unpaired) electrons. The molecule has 0 N–H and O–H groups in total. The SMILES string of the molecule is COC(=O)c1ccc(OC(c2ccc(Cl)cc2)c2ccccc2Cl)c(C)c1. The summed E-state index contributed by atoms with van der Waals surface area (Å²) in [5.74, 6) is 0.271. The molecule has 138 valence electrons. The lowest BCUT2D eigenvalue weighted by atomic mass is 10.0. The van der Waals surface area contributed by atoms with Crippen molar-refractivity contribution < 1.29 is 14.3 Å². The van der Waals surface area contributed by atoms with E-state index in [1.54, 1.807) is 18.2 Å². The molecular weight excluding hydrogens is 383 g/mol. The number of carbonyl (C=O) groups is 1. The summed E-state index contributed by atoms with van der Waals surface area (Å²) in [6, 6.07) is 20.2. The van der Waals surface area contributed by atoms with Crippen LogP contribution in [0.2, 0.25) is 10.0 Å². The molecule has 5 heteroatoms. The zero-order chi connectivity index (χ0) is 19.4. The highest BCUT2D eigenvalue weighted by Crippen LogP contribution is 2.34. The molecule has 0 aliphatic heterocycles. The summed E-state index contributed by atoms with van der Waals surface area (Å²) in [4.78, 5) is 11.7. The van der Waals surface area contributed by atoms with Gasteiger partial charge in [0.2, 0.25) is 0 Å². The third-order valence-corrected chi connectivity index (χ3v) is 4.80. The fourth-order valence-corrected chi connectivity index (χ4v) is 3.15. The second-order valence-electron chi connectivity index (χ2n) is 6.04. The summed E-state index contributed by atoms with van der Waals surface area (Å²) in [5.41, 5.74) is 3.06. The van der Waals surface area contributed by atoms with E-state index in [1.807, 2.05) is 55.5 Å². The molecular formula is C22H18Cl2O3. The Kier molecular flexibility index (Phi) is 6.04. The van der Waals surface area contributed by atoms with Crippen molar-refractivity contribution in [2.75, 3.05) is 7.11 Å². The van der Waals surface area contributed by atoms with Crippen LogP contribution in [0.3, 0.4) is 0 Å². The van der Waals surface area contributed by atoms with Gasteiger partial charge in [0.25, 0.3) is 0 Å². The molecule has 3 aromatic carbocycles. The minimum Gasteiger partial charge on any atom is -0.481 e. The molecule has 0 spiro atoms. The second-order valence-corrected chi connectivity index (χ2v) is 6.89. The van der Waals surface area contributed by atoms with Crippen molar-refractivity contribution in [3.63, 3.8) is 0 Å². The van der Waals surface area contributed by atoms with Crippen LogP contribution in [0.1, 0.15) is 33.2 Å². The van der Waals surface area contributed by atoms with Crippen LogP contribution in [-0.4, -0.2) is 13.1 Å². The molecule has 3 aromatic rings. The van der Waals surface area contributed by atoms with Gasteiger partial charge in [-0.3, -0.25) is 0 Å². The predicted molar refractivity (Wildman–Crippen MR) is 108 cm³/mol. The number of benzene rings is 3. The van der Waals surface area contributed by atoms with Crippen LogP contribution in [0, 0.1) is 6.92 Å². The van der Waals surface area contributed by atoms with Crippen LogP contribution in [0.15, 0.2) is 66.7 Å². The molecule has 1 unspecified atom stereocenters. The lowest BCUT2D eigenvalue weighted by Gasteiger charge is -2.22. The maximum Gasteiger partial charge on any atom is 0.337 e. The van der Waals surface area contributed by atoms with Gasteiger partial charge >= 0.3 is 5.97 Å². The maximum absolute atomic E-state index is 11.7. The van der Waals surface area contributed by atoms with E-state index >= 15 is 0 Å². The average molecular weight is 401 g/mol. The van der Waals surface area contributed by atoms with Crippen LogP contribution in [-0.2, 0) is 4.74 Å². The van der Waals surface area contributed by atoms with E-state index in [1.165, 1.54) is 7.11 Å². The molecule has 3 rings (SSSR count). The van der Waals surface area contributed by atoms with Crippen LogP contribution in [0.25, 0.3) is 0 Å². The van der Waals surface area contributed by atoms with Crippen LogP contribution >= 0.6 is 23.2 Å². The van der Waals surface area contributed by atoms with Crippen molar-refractivity contribution in [1.82, 2.24) is 0 Å². The molecule has 27 heavy (non-hydrogen) atoms. The molecule has 0 fully saturated rings. The number of halogens is 2. The predicted octanol–water partition coefficient (Wildman–Crippen LogP) is 6.26. The Hall–Kier alpha value is -2.49. The van der Waals surface area contributed by atoms with Gasteiger partial charge in [-0.2, -0.15) is 0 Å². The lowest BCUT2D eigenvalue weighted by molar-refractivity contribution is 0.0600. The number of methoxy groups -OCH3 is 1. The lowest BCUT2D eigenvalue weighted by Crippen LogP contribution is -2.11. The number of aryl methyl sites for hydroxylation is 1. The normalized spacial score (nSPS) is 11.7. The van der Waals surface area contributed by atoms with Crippen molar-refractivity contribution in [3.8, 4) is 5.75 Å². The Labute approximate surface area is 168 Å². The van der Waals surface area contributed by atoms with Gasteiger partial charge in [-0.05, 0) is 54.4 Å². The third-order valence-electron chi connectivity index (χ3n) is 4.20. The standard InChI is InChI=1S/C22H18Cl2O3/c1-14-13-16(22(25)26-2)9-12-20(14)27-21(15-7-10-17(23)11-8-15)18-5-3-4-6-19(18)24/h3-13,21H,1-2H3. The summed E-state index contributed by atoms with van der Waals surface area (Å²) in [7, 11) is 1.36. The molecule has 0 heterocycles. The molecule has 1 atom stereocenters. The Balaban J connectivity index is 2.01. The van der Waals surface area contributed by atoms with Gasteiger partial charge in [-0.25, -0.2) is 4.79 Å². The maximum atomic E-state index is 11.7. The largest absolute Gasteiger partial charge is 0.481 e. The number of ether oxygens (including phenoxy) is 2. The monoisotopic (exact) mass is 400 g/mol. The van der Waals surface area contributed by atoms with Crippen molar-refractivity contribution in [3.05, 3.63) is 99.0 Å². The van der Waals surface area contributed by atoms with Crippen LogP contribution in [0.4, 0.5) is 0 Å². The quantitative estimate of drug-likeness (QED) is 0.474. The molecule has 0 aromatic heterocycles. The van der Waals surface area contributed by atoms with E-state index in [9.17, 15) is 4.79 Å². The molecule has 0 aliphatic rings. The first kappa shape index (κ1) is 19.3. The molecule has 0 aliphatic carbocycles. The summed E-state index contributed by atoms with van der Waals surface area (Å²) in [6.45, 7) is 1.88. The van der Waals surface area contributed by atoms with Crippen molar-refractivity contribution in [2.24, 2.45) is 0 Å². The summed E-state index contributed by atoms with van der Waals surface area (Å²) in [6.07, 6.45) is -0.418. The van der Waals surface area contributed by atoms with E-state index in [4.69, 9.17) is 32.7 Å². The van der Waals surface area contributed by atoms with Gasteiger partial charge in [0.15, 0.2) is 6.10 Å². The Morgan fingerprint density at radius 3 is 2.30 bits per heavy atom. The fraction of sp³-hybridized carbons (Fsp3) is 0.136. The van der Waals surface area contributed by atoms with Gasteiger partial charge in [0, 0.05) is 15.6 Å². The first-order valence-electron chi connectivity index (χ1n) is 8.35. The van der Waals surface area contributed by atoms with E-state index in [2.05, 4.69) is 0 Å². The van der Waals surface area contributed by atoms with E-state index < -0.39 is 6.10 Å². The number of hydrogen-bond acceptors (Lipinski definition) is 3. The minimum absolute atomic E-state index is 0.384. The van der Waals surface area contributed by atoms with Crippen molar-refractivity contribution in [1.29, 1.82) is 0 Å². The smallest absolute Gasteiger partial charge is 0.337 e. The third kappa shape index (κ3) is 4.44. The molecule has 0 saturated carbocycles. The van der Waals surface area contributed by atoms with E-state index in [0.717, 1.165) is 16.7 Å². The van der Waals surface area contributed by atoms with Gasteiger partial charge in [-0.15, -0.1) is 0 Å². The first-order chi connectivity index (χ1) is 13.0. The number of hydrogen-bond donors (Lipinski definition) is 0. The highest BCUT2D eigenvalue weighted by atomic mass is 35.5. The fourth-order valence-electron chi connectivity index (χ4n) is 2.79. The summed E-state index contributed by atoms with van der Waals surface area (Å²) >= 11 is 12.5. The Morgan fingerprint density at radius 2 is 1.67 bits per heavy atom. The van der Waals surface area contributed by atoms with Crippen LogP contribution < -0.4 is 4.74 Å². The average Bonchev–Trinajstić information content (AvgIpc) is 2.68. The van der Waals surface area contributed by atoms with Gasteiger partial charge in [0.1, 0.15) is 5.75 Å². The minimum atomic E-state index is -0.418. The highest BCUT2D eigenvalue weighted by molar-refractivity contribution is 6.31. The number of esters is 1. The summed E-state index contributed by atoms with van der Waals surface area (Å²) in [5, 5.41) is 1.26. The van der Waals surface area contributed by atoms with Gasteiger partial charge < -0.3 is 9.47 Å². The first-order valence-corrected chi connectivity index (χ1v) is 9.10. The Bertz CT molecular complexity index is 952. The zero-order valence-electron chi connectivity index (χ0n) is 14.9. The number of carbonyl (C=O) groups excluding carboxylic acids is 1. The topological polar surface area (TPSA) is 35.5 Å². The Morgan fingerprint density at radius 1 is 0.963 bits per heavy atom. The van der Waals surface area contributed by atoms with E-state index in [0.29, 0.717) is 21.4 Å². The number of rotatable bonds is 5. The van der Waals surface area contributed by atoms with Crippen molar-refractivity contribution >= 4 is 29.2 Å². The second kappa shape index (κ2) is 8.47. The molecule has 3 nitrogen and oxygen atoms in total. The zero-order valence-corrected chi connectivity index (χ0v) is 16.4. The van der Waals surface area contributed by atoms with E-state index in [-0.39, 0.29) is 5.97 Å². The van der Waals surface area contributed by atoms with Gasteiger partial charge in [-0.1, -0.05) is 53.5 Å². The van der Waals surface area contributed by atoms with Crippen molar-refractivity contribution in [2.45, 2.75) is 13.0 Å². The van der Waals surface area contributed by atoms with Gasteiger partial charge in [0.05, 0.1) is 12.7 Å². The molecule has 0 amide bonds.